The van der Waals surface area contributed by atoms with Gasteiger partial charge in [0.25, 0.3) is 0 Å². The van der Waals surface area contributed by atoms with Crippen molar-refractivity contribution in [1.29, 1.82) is 0 Å². The van der Waals surface area contributed by atoms with Crippen LogP contribution in [-0.4, -0.2) is 24.9 Å². The van der Waals surface area contributed by atoms with E-state index in [1.54, 1.807) is 36.9 Å². The number of benzene rings is 3. The minimum absolute atomic E-state index is 0.139. The summed E-state index contributed by atoms with van der Waals surface area (Å²) in [4.78, 5) is 51.0. The third kappa shape index (κ3) is 3.64. The lowest BCUT2D eigenvalue weighted by molar-refractivity contribution is 1.07. The van der Waals surface area contributed by atoms with Gasteiger partial charge in [-0.05, 0) is 24.3 Å². The average molecular weight is 548 g/mol. The van der Waals surface area contributed by atoms with Crippen molar-refractivity contribution in [3.05, 3.63) is 130 Å². The maximum Gasteiger partial charge on any atom is 0.195 e. The quantitative estimate of drug-likeness (QED) is 0.179. The molecule has 0 aliphatic carbocycles. The fourth-order valence-corrected chi connectivity index (χ4v) is 8.22. The Bertz CT molecular complexity index is 2250. The zero-order chi connectivity index (χ0) is 27.5. The van der Waals surface area contributed by atoms with Crippen molar-refractivity contribution < 1.29 is 0 Å². The molecule has 0 radical (unpaired) electrons. The summed E-state index contributed by atoms with van der Waals surface area (Å²) in [6, 6.07) is 26.6. The summed E-state index contributed by atoms with van der Waals surface area (Å²) in [5.41, 5.74) is 1.99. The first-order valence-electron chi connectivity index (χ1n) is 13.0. The molecule has 41 heavy (non-hydrogen) atoms. The van der Waals surface area contributed by atoms with Crippen molar-refractivity contribution in [2.24, 2.45) is 0 Å². The first-order valence-corrected chi connectivity index (χ1v) is 14.3. The molecular weight excluding hydrogens is 529 g/mol. The predicted molar refractivity (Wildman–Crippen MR) is 164 cm³/mol. The van der Waals surface area contributed by atoms with Crippen molar-refractivity contribution >= 4 is 44.2 Å². The van der Waals surface area contributed by atoms with Crippen LogP contribution in [0.25, 0.3) is 71.1 Å². The van der Waals surface area contributed by atoms with Gasteiger partial charge in [-0.3, -0.25) is 19.6 Å². The topological polar surface area (TPSA) is 98.6 Å². The summed E-state index contributed by atoms with van der Waals surface area (Å²) in [6.45, 7) is 0. The van der Waals surface area contributed by atoms with E-state index in [9.17, 15) is 9.59 Å². The summed E-state index contributed by atoms with van der Waals surface area (Å²) in [7, 11) is -1.19. The van der Waals surface area contributed by atoms with E-state index in [-0.39, 0.29) is 10.9 Å². The maximum atomic E-state index is 13.9. The van der Waals surface area contributed by atoms with E-state index in [0.29, 0.717) is 44.6 Å². The molecule has 0 aliphatic heterocycles. The molecule has 0 bridgehead atoms. The molecule has 8 aromatic rings. The summed E-state index contributed by atoms with van der Waals surface area (Å²) in [5.74, 6) is 1.41. The van der Waals surface area contributed by atoms with Gasteiger partial charge in [0.2, 0.25) is 0 Å². The smallest absolute Gasteiger partial charge is 0.195 e. The number of hydrogen-bond acceptors (Lipinski definition) is 7. The molecule has 0 aliphatic rings. The molecule has 0 saturated carbocycles. The van der Waals surface area contributed by atoms with Gasteiger partial charge in [0.1, 0.15) is 0 Å². The van der Waals surface area contributed by atoms with Crippen LogP contribution in [0.2, 0.25) is 0 Å². The molecule has 5 aromatic heterocycles. The first-order chi connectivity index (χ1) is 20.2. The standard InChI is InChI=1S/C33H18N5O2P/c39-28-22-11-13-34-17-26(22)41-27-18-35-14-12-23(27)29(40)25-16-21(15-24(28)30(25)41)33-37-31(19-7-3-1-4-8-19)36-32(38-33)20-9-5-2-6-10-20/h1-18H. The lowest BCUT2D eigenvalue weighted by atomic mass is 10.1. The molecule has 0 amide bonds. The van der Waals surface area contributed by atoms with Crippen molar-refractivity contribution in [3.8, 4) is 34.2 Å². The SMILES string of the molecule is O=c1c2ccncc2p2c3cnccc3c(=O)c3cc(-c4nc(-c5ccccc5)nc(-c5ccccc5)n4)cc1c32. The summed E-state index contributed by atoms with van der Waals surface area (Å²) in [6.07, 6.45) is 6.75. The Morgan fingerprint density at radius 1 is 0.488 bits per heavy atom. The molecule has 8 heteroatoms. The predicted octanol–water partition coefficient (Wildman–Crippen LogP) is 6.72. The number of aromatic nitrogens is 5. The number of fused-ring (bicyclic) bond motifs is 4. The van der Waals surface area contributed by atoms with Crippen molar-refractivity contribution in [2.75, 3.05) is 0 Å². The molecule has 8 rings (SSSR count). The van der Waals surface area contributed by atoms with Crippen LogP contribution < -0.4 is 10.9 Å². The molecule has 0 atom stereocenters. The Kier molecular flexibility index (Phi) is 5.20. The minimum atomic E-state index is -1.19. The van der Waals surface area contributed by atoms with E-state index in [4.69, 9.17) is 15.0 Å². The van der Waals surface area contributed by atoms with Gasteiger partial charge in [-0.1, -0.05) is 68.0 Å². The molecule has 0 saturated heterocycles. The van der Waals surface area contributed by atoms with E-state index in [0.717, 1.165) is 26.5 Å². The fourth-order valence-electron chi connectivity index (χ4n) is 5.46. The molecule has 3 aromatic carbocycles. The molecule has 0 unspecified atom stereocenters. The molecule has 7 nitrogen and oxygen atoms in total. The maximum absolute atomic E-state index is 13.9. The van der Waals surface area contributed by atoms with E-state index < -0.39 is 7.34 Å². The number of rotatable bonds is 3. The largest absolute Gasteiger partial charge is 0.289 e. The van der Waals surface area contributed by atoms with Crippen LogP contribution >= 0.6 is 7.34 Å². The van der Waals surface area contributed by atoms with Crippen LogP contribution in [0.3, 0.4) is 0 Å². The number of nitrogens with zero attached hydrogens (tertiary/aromatic N) is 5. The number of pyridine rings is 2. The van der Waals surface area contributed by atoms with Gasteiger partial charge in [0.05, 0.1) is 0 Å². The Morgan fingerprint density at radius 3 is 1.39 bits per heavy atom. The van der Waals surface area contributed by atoms with Crippen LogP contribution in [0.5, 0.6) is 0 Å². The Morgan fingerprint density at radius 2 is 0.927 bits per heavy atom. The Labute approximate surface area is 233 Å². The second kappa shape index (κ2) is 9.08. The average Bonchev–Trinajstić information content (AvgIpc) is 3.05. The van der Waals surface area contributed by atoms with Gasteiger partial charge in [-0.15, -0.1) is 0 Å². The van der Waals surface area contributed by atoms with Crippen molar-refractivity contribution in [1.82, 2.24) is 24.9 Å². The van der Waals surface area contributed by atoms with Gasteiger partial charge >= 0.3 is 0 Å². The van der Waals surface area contributed by atoms with E-state index in [1.165, 1.54) is 0 Å². The van der Waals surface area contributed by atoms with Gasteiger partial charge < -0.3 is 0 Å². The number of hydrogen-bond donors (Lipinski definition) is 0. The van der Waals surface area contributed by atoms with Gasteiger partial charge in [-0.25, -0.2) is 15.0 Å². The summed E-state index contributed by atoms with van der Waals surface area (Å²) >= 11 is 0. The van der Waals surface area contributed by atoms with Gasteiger partial charge in [0, 0.05) is 78.4 Å². The Hall–Kier alpha value is -5.39. The highest BCUT2D eigenvalue weighted by Crippen LogP contribution is 2.47. The van der Waals surface area contributed by atoms with Crippen molar-refractivity contribution in [3.63, 3.8) is 0 Å². The van der Waals surface area contributed by atoms with Crippen LogP contribution in [0.15, 0.2) is 119 Å². The molecule has 5 heterocycles. The minimum Gasteiger partial charge on any atom is -0.289 e. The Balaban J connectivity index is 1.52. The first kappa shape index (κ1) is 23.5. The summed E-state index contributed by atoms with van der Waals surface area (Å²) in [5, 5.41) is 4.61. The van der Waals surface area contributed by atoms with Crippen molar-refractivity contribution in [2.45, 2.75) is 0 Å². The molecule has 0 spiro atoms. The molecule has 0 fully saturated rings. The van der Waals surface area contributed by atoms with E-state index in [1.807, 2.05) is 72.8 Å². The lowest BCUT2D eigenvalue weighted by Gasteiger charge is -2.14. The summed E-state index contributed by atoms with van der Waals surface area (Å²) < 4.78 is 0. The second-order valence-corrected chi connectivity index (χ2v) is 11.8. The van der Waals surface area contributed by atoms with Crippen LogP contribution in [0.1, 0.15) is 0 Å². The normalized spacial score (nSPS) is 11.6. The third-order valence-electron chi connectivity index (χ3n) is 7.35. The highest BCUT2D eigenvalue weighted by atomic mass is 31.1. The molecule has 0 N–H and O–H groups in total. The van der Waals surface area contributed by atoms with Crippen LogP contribution in [0, 0.1) is 0 Å². The highest BCUT2D eigenvalue weighted by Gasteiger charge is 2.20. The zero-order valence-electron chi connectivity index (χ0n) is 21.4. The zero-order valence-corrected chi connectivity index (χ0v) is 22.3. The second-order valence-electron chi connectivity index (χ2n) is 9.74. The fraction of sp³-hybridized carbons (Fsp3) is 0. The van der Waals surface area contributed by atoms with Crippen LogP contribution in [-0.2, 0) is 0 Å². The van der Waals surface area contributed by atoms with E-state index >= 15 is 0 Å². The third-order valence-corrected chi connectivity index (χ3v) is 9.96. The monoisotopic (exact) mass is 547 g/mol. The highest BCUT2D eigenvalue weighted by molar-refractivity contribution is 7.62. The lowest BCUT2D eigenvalue weighted by Crippen LogP contribution is -2.08. The molecular formula is C33H18N5O2P. The van der Waals surface area contributed by atoms with Gasteiger partial charge in [-0.2, -0.15) is 0 Å². The van der Waals surface area contributed by atoms with Gasteiger partial charge in [0.15, 0.2) is 28.3 Å². The molecule has 192 valence electrons. The van der Waals surface area contributed by atoms with E-state index in [2.05, 4.69) is 9.97 Å². The van der Waals surface area contributed by atoms with Crippen LogP contribution in [0.4, 0.5) is 0 Å².